The molecule has 0 saturated carbocycles. The van der Waals surface area contributed by atoms with E-state index < -0.39 is 0 Å². The van der Waals surface area contributed by atoms with Gasteiger partial charge in [-0.15, -0.1) is 0 Å². The molecule has 0 spiro atoms. The molecule has 0 aromatic carbocycles. The molecule has 0 heteroatoms. The lowest BCUT2D eigenvalue weighted by Crippen LogP contribution is -1.82. The number of rotatable bonds is 7. The molecule has 0 saturated heterocycles. The quantitative estimate of drug-likeness (QED) is 0.400. The Morgan fingerprint density at radius 3 is 2.27 bits per heavy atom. The van der Waals surface area contributed by atoms with Gasteiger partial charge in [0, 0.05) is 0 Å². The summed E-state index contributed by atoms with van der Waals surface area (Å²) in [5, 5.41) is 0. The van der Waals surface area contributed by atoms with Crippen molar-refractivity contribution in [2.45, 2.75) is 47.0 Å². The average molecular weight is 206 g/mol. The molecule has 0 rings (SSSR count). The maximum atomic E-state index is 2.27. The fourth-order valence-corrected chi connectivity index (χ4v) is 1.21. The van der Waals surface area contributed by atoms with Crippen LogP contribution in [0.2, 0.25) is 0 Å². The van der Waals surface area contributed by atoms with Crippen LogP contribution < -0.4 is 0 Å². The van der Waals surface area contributed by atoms with Gasteiger partial charge >= 0.3 is 0 Å². The zero-order valence-corrected chi connectivity index (χ0v) is 10.7. The van der Waals surface area contributed by atoms with E-state index in [-0.39, 0.29) is 0 Å². The molecule has 0 fully saturated rings. The van der Waals surface area contributed by atoms with Gasteiger partial charge in [0.2, 0.25) is 0 Å². The molecule has 0 bridgehead atoms. The van der Waals surface area contributed by atoms with Crippen molar-refractivity contribution >= 4 is 0 Å². The van der Waals surface area contributed by atoms with Crippen LogP contribution in [0, 0.1) is 11.8 Å². The Labute approximate surface area is 95.8 Å². The van der Waals surface area contributed by atoms with Crippen LogP contribution in [0.3, 0.4) is 0 Å². The molecule has 0 aliphatic carbocycles. The fourth-order valence-electron chi connectivity index (χ4n) is 1.21. The lowest BCUT2D eigenvalue weighted by Gasteiger charge is -1.97. The minimum absolute atomic E-state index is 0.556. The van der Waals surface area contributed by atoms with Crippen molar-refractivity contribution in [3.63, 3.8) is 0 Å². The van der Waals surface area contributed by atoms with Crippen LogP contribution in [0.4, 0.5) is 0 Å². The molecule has 1 unspecified atom stereocenters. The Morgan fingerprint density at radius 2 is 1.67 bits per heavy atom. The molecule has 0 aliphatic heterocycles. The van der Waals surface area contributed by atoms with Gasteiger partial charge in [0.15, 0.2) is 0 Å². The van der Waals surface area contributed by atoms with E-state index in [1.165, 1.54) is 19.3 Å². The van der Waals surface area contributed by atoms with Gasteiger partial charge in [0.05, 0.1) is 0 Å². The highest BCUT2D eigenvalue weighted by atomic mass is 13.9. The van der Waals surface area contributed by atoms with E-state index in [4.69, 9.17) is 0 Å². The Balaban J connectivity index is 3.70. The van der Waals surface area contributed by atoms with Gasteiger partial charge in [-0.2, -0.15) is 0 Å². The minimum atomic E-state index is 0.556. The van der Waals surface area contributed by atoms with E-state index >= 15 is 0 Å². The molecule has 15 heavy (non-hydrogen) atoms. The molecular formula is C15H26. The largest absolute Gasteiger partial charge is 0.0880 e. The molecule has 0 radical (unpaired) electrons. The lowest BCUT2D eigenvalue weighted by atomic mass is 10.1. The number of unbranched alkanes of at least 4 members (excludes halogenated alkanes) is 1. The zero-order chi connectivity index (χ0) is 11.5. The summed E-state index contributed by atoms with van der Waals surface area (Å²) in [4.78, 5) is 0. The molecule has 0 N–H and O–H groups in total. The first kappa shape index (κ1) is 14.2. The molecule has 0 aromatic heterocycles. The van der Waals surface area contributed by atoms with E-state index in [1.54, 1.807) is 0 Å². The molecule has 86 valence electrons. The third-order valence-electron chi connectivity index (χ3n) is 2.16. The van der Waals surface area contributed by atoms with E-state index in [0.29, 0.717) is 5.92 Å². The maximum Gasteiger partial charge on any atom is -0.00788 e. The third kappa shape index (κ3) is 11.1. The Hall–Kier alpha value is -0.780. The molecule has 0 aromatic rings. The van der Waals surface area contributed by atoms with Gasteiger partial charge in [-0.3, -0.25) is 0 Å². The Morgan fingerprint density at radius 1 is 0.933 bits per heavy atom. The van der Waals surface area contributed by atoms with E-state index in [0.717, 1.165) is 5.92 Å². The summed E-state index contributed by atoms with van der Waals surface area (Å²) >= 11 is 0. The van der Waals surface area contributed by atoms with Crippen molar-refractivity contribution in [3.05, 3.63) is 36.5 Å². The van der Waals surface area contributed by atoms with E-state index in [1.807, 2.05) is 0 Å². The van der Waals surface area contributed by atoms with Crippen molar-refractivity contribution in [1.82, 2.24) is 0 Å². The van der Waals surface area contributed by atoms with Crippen LogP contribution in [0.5, 0.6) is 0 Å². The molecule has 0 heterocycles. The van der Waals surface area contributed by atoms with Crippen molar-refractivity contribution in [3.8, 4) is 0 Å². The Bertz CT molecular complexity index is 206. The smallest absolute Gasteiger partial charge is 0.00788 e. The fraction of sp³-hybridized carbons (Fsp3) is 0.600. The van der Waals surface area contributed by atoms with Crippen molar-refractivity contribution in [1.29, 1.82) is 0 Å². The summed E-state index contributed by atoms with van der Waals surface area (Å²) in [5.41, 5.74) is 0. The lowest BCUT2D eigenvalue weighted by molar-refractivity contribution is 0.664. The normalized spacial score (nSPS) is 15.0. The first-order valence-electron chi connectivity index (χ1n) is 6.16. The molecule has 0 nitrogen and oxygen atoms in total. The van der Waals surface area contributed by atoms with Gasteiger partial charge in [0.25, 0.3) is 0 Å². The first-order valence-corrected chi connectivity index (χ1v) is 6.16. The van der Waals surface area contributed by atoms with Crippen LogP contribution >= 0.6 is 0 Å². The average Bonchev–Trinajstić information content (AvgIpc) is 2.17. The van der Waals surface area contributed by atoms with Crippen LogP contribution in [0.25, 0.3) is 0 Å². The summed E-state index contributed by atoms with van der Waals surface area (Å²) in [6, 6.07) is 0. The van der Waals surface area contributed by atoms with Crippen LogP contribution in [0.15, 0.2) is 36.5 Å². The summed E-state index contributed by atoms with van der Waals surface area (Å²) in [6.07, 6.45) is 16.9. The standard InChI is InChI=1S/C15H26/c1-5-6-8-12-15(4)13-10-7-9-11-14(2)3/h7-10,12-15H,5-6,11H2,1-4H3. The SMILES string of the molecule is CCCC=CC(C)C=CC=CCC(C)C. The number of allylic oxidation sites excluding steroid dienone is 6. The van der Waals surface area contributed by atoms with Gasteiger partial charge < -0.3 is 0 Å². The van der Waals surface area contributed by atoms with E-state index in [2.05, 4.69) is 64.2 Å². The van der Waals surface area contributed by atoms with Crippen molar-refractivity contribution < 1.29 is 0 Å². The van der Waals surface area contributed by atoms with Crippen LogP contribution in [-0.4, -0.2) is 0 Å². The Kier molecular flexibility index (Phi) is 9.26. The highest BCUT2D eigenvalue weighted by Crippen LogP contribution is 2.03. The second kappa shape index (κ2) is 9.76. The zero-order valence-electron chi connectivity index (χ0n) is 10.7. The van der Waals surface area contributed by atoms with Gasteiger partial charge in [-0.1, -0.05) is 70.6 Å². The number of hydrogen-bond acceptors (Lipinski definition) is 0. The minimum Gasteiger partial charge on any atom is -0.0880 e. The molecule has 0 amide bonds. The number of hydrogen-bond donors (Lipinski definition) is 0. The van der Waals surface area contributed by atoms with Gasteiger partial charge in [-0.05, 0) is 24.7 Å². The third-order valence-corrected chi connectivity index (χ3v) is 2.16. The summed E-state index contributed by atoms with van der Waals surface area (Å²) in [6.45, 7) is 8.91. The second-order valence-electron chi connectivity index (χ2n) is 4.52. The highest BCUT2D eigenvalue weighted by molar-refractivity contribution is 5.07. The topological polar surface area (TPSA) is 0 Å². The maximum absolute atomic E-state index is 2.27. The summed E-state index contributed by atoms with van der Waals surface area (Å²) in [7, 11) is 0. The van der Waals surface area contributed by atoms with Crippen molar-refractivity contribution in [2.24, 2.45) is 11.8 Å². The highest BCUT2D eigenvalue weighted by Gasteiger charge is 1.88. The first-order chi connectivity index (χ1) is 7.16. The predicted octanol–water partition coefficient (Wildman–Crippen LogP) is 5.14. The summed E-state index contributed by atoms with van der Waals surface area (Å²) < 4.78 is 0. The monoisotopic (exact) mass is 206 g/mol. The van der Waals surface area contributed by atoms with Crippen molar-refractivity contribution in [2.75, 3.05) is 0 Å². The molecule has 0 aliphatic rings. The van der Waals surface area contributed by atoms with E-state index in [9.17, 15) is 0 Å². The second-order valence-corrected chi connectivity index (χ2v) is 4.52. The predicted molar refractivity (Wildman–Crippen MR) is 70.9 cm³/mol. The van der Waals surface area contributed by atoms with Gasteiger partial charge in [-0.25, -0.2) is 0 Å². The van der Waals surface area contributed by atoms with Crippen LogP contribution in [0.1, 0.15) is 47.0 Å². The van der Waals surface area contributed by atoms with Gasteiger partial charge in [0.1, 0.15) is 0 Å². The summed E-state index contributed by atoms with van der Waals surface area (Å²) in [5.74, 6) is 1.32. The van der Waals surface area contributed by atoms with Crippen LogP contribution in [-0.2, 0) is 0 Å². The molecule has 1 atom stereocenters. The molecular weight excluding hydrogens is 180 g/mol.